The molecule has 1 aliphatic heterocycles. The van der Waals surface area contributed by atoms with Crippen molar-refractivity contribution in [3.63, 3.8) is 0 Å². The molecule has 8 heteroatoms. The topological polar surface area (TPSA) is 97.1 Å². The molecule has 0 aromatic heterocycles. The third-order valence-electron chi connectivity index (χ3n) is 7.76. The second-order valence-corrected chi connectivity index (χ2v) is 10.5. The second-order valence-electron chi connectivity index (χ2n) is 10.5. The van der Waals surface area contributed by atoms with Crippen LogP contribution >= 0.6 is 0 Å². The van der Waals surface area contributed by atoms with Crippen LogP contribution in [0.4, 0.5) is 16.2 Å². The van der Waals surface area contributed by atoms with Crippen LogP contribution in [0.15, 0.2) is 42.5 Å². The summed E-state index contributed by atoms with van der Waals surface area (Å²) >= 11 is 0. The first-order valence-corrected chi connectivity index (χ1v) is 13.5. The van der Waals surface area contributed by atoms with Gasteiger partial charge >= 0.3 is 6.09 Å². The second kappa shape index (κ2) is 11.5. The highest BCUT2D eigenvalue weighted by Crippen LogP contribution is 2.36. The number of hydrogen-bond acceptors (Lipinski definition) is 6. The molecule has 2 aliphatic carbocycles. The molecule has 2 aromatic carbocycles. The van der Waals surface area contributed by atoms with Crippen molar-refractivity contribution in [3.05, 3.63) is 48.0 Å². The number of hydrogen-bond donors (Lipinski definition) is 2. The first-order valence-electron chi connectivity index (χ1n) is 13.5. The van der Waals surface area contributed by atoms with Crippen molar-refractivity contribution in [1.82, 2.24) is 4.90 Å². The van der Waals surface area contributed by atoms with Gasteiger partial charge in [0.25, 0.3) is 0 Å². The maximum absolute atomic E-state index is 12.7. The van der Waals surface area contributed by atoms with Crippen molar-refractivity contribution in [2.24, 2.45) is 11.7 Å². The molecule has 0 bridgehead atoms. The van der Waals surface area contributed by atoms with E-state index in [0.717, 1.165) is 79.7 Å². The van der Waals surface area contributed by atoms with Crippen LogP contribution in [-0.4, -0.2) is 62.4 Å². The minimum atomic E-state index is -0.300. The van der Waals surface area contributed by atoms with Crippen LogP contribution in [0, 0.1) is 5.92 Å². The third-order valence-corrected chi connectivity index (χ3v) is 7.76. The summed E-state index contributed by atoms with van der Waals surface area (Å²) in [6.45, 7) is 3.46. The Morgan fingerprint density at radius 2 is 1.76 bits per heavy atom. The molecule has 37 heavy (non-hydrogen) atoms. The molecule has 2 amide bonds. The predicted octanol–water partition coefficient (Wildman–Crippen LogP) is 4.38. The van der Waals surface area contributed by atoms with Crippen molar-refractivity contribution in [3.8, 4) is 11.1 Å². The van der Waals surface area contributed by atoms with E-state index < -0.39 is 0 Å². The van der Waals surface area contributed by atoms with Gasteiger partial charge < -0.3 is 30.3 Å². The maximum Gasteiger partial charge on any atom is 0.410 e. The normalized spacial score (nSPS) is 21.8. The number of carbonyl (C=O) groups excluding carboxylic acids is 2. The number of ether oxygens (including phenoxy) is 2. The molecule has 3 aliphatic rings. The molecule has 3 fully saturated rings. The van der Waals surface area contributed by atoms with Crippen LogP contribution in [0.25, 0.3) is 11.1 Å². The SMILES string of the molecule is COC(=O)N(Cc1cccc(-c2ccc(N3CCOCC3)c(NC(=O)C3CC3)c2)c1)C1CCC(N)CC1. The lowest BCUT2D eigenvalue weighted by Gasteiger charge is -2.35. The molecule has 3 N–H and O–H groups in total. The lowest BCUT2D eigenvalue weighted by atomic mass is 9.90. The zero-order valence-corrected chi connectivity index (χ0v) is 21.7. The van der Waals surface area contributed by atoms with Gasteiger partial charge in [0.15, 0.2) is 0 Å². The first kappa shape index (κ1) is 25.5. The Hall–Kier alpha value is -3.10. The van der Waals surface area contributed by atoms with Gasteiger partial charge in [-0.2, -0.15) is 0 Å². The monoisotopic (exact) mass is 506 g/mol. The van der Waals surface area contributed by atoms with E-state index in [2.05, 4.69) is 40.5 Å². The number of anilines is 2. The van der Waals surface area contributed by atoms with Gasteiger partial charge in [-0.25, -0.2) is 4.79 Å². The summed E-state index contributed by atoms with van der Waals surface area (Å²) < 4.78 is 10.7. The van der Waals surface area contributed by atoms with Gasteiger partial charge in [-0.3, -0.25) is 4.79 Å². The number of morpholine rings is 1. The van der Waals surface area contributed by atoms with Crippen LogP contribution in [-0.2, 0) is 20.8 Å². The Labute approximate surface area is 219 Å². The van der Waals surface area contributed by atoms with E-state index in [1.807, 2.05) is 17.0 Å². The van der Waals surface area contributed by atoms with Crippen LogP contribution in [0.5, 0.6) is 0 Å². The highest BCUT2D eigenvalue weighted by atomic mass is 16.5. The molecule has 5 rings (SSSR count). The molecular formula is C29H38N4O4. The molecule has 8 nitrogen and oxygen atoms in total. The Morgan fingerprint density at radius 1 is 1.03 bits per heavy atom. The molecule has 1 heterocycles. The third kappa shape index (κ3) is 6.25. The van der Waals surface area contributed by atoms with Crippen molar-refractivity contribution in [2.75, 3.05) is 43.6 Å². The summed E-state index contributed by atoms with van der Waals surface area (Å²) in [7, 11) is 1.44. The fraction of sp³-hybridized carbons (Fsp3) is 0.517. The maximum atomic E-state index is 12.7. The number of amides is 2. The summed E-state index contributed by atoms with van der Waals surface area (Å²) in [5.74, 6) is 0.226. The summed E-state index contributed by atoms with van der Waals surface area (Å²) in [6, 6.07) is 14.9. The average Bonchev–Trinajstić information content (AvgIpc) is 3.78. The van der Waals surface area contributed by atoms with E-state index in [1.54, 1.807) is 0 Å². The van der Waals surface area contributed by atoms with E-state index in [-0.39, 0.29) is 30.0 Å². The fourth-order valence-electron chi connectivity index (χ4n) is 5.40. The number of methoxy groups -OCH3 is 1. The highest BCUT2D eigenvalue weighted by Gasteiger charge is 2.31. The van der Waals surface area contributed by atoms with Crippen LogP contribution < -0.4 is 16.0 Å². The first-order chi connectivity index (χ1) is 18.0. The summed E-state index contributed by atoms with van der Waals surface area (Å²) in [5.41, 5.74) is 11.1. The van der Waals surface area contributed by atoms with Gasteiger partial charge in [-0.15, -0.1) is 0 Å². The summed E-state index contributed by atoms with van der Waals surface area (Å²) in [5, 5.41) is 3.19. The van der Waals surface area contributed by atoms with Crippen molar-refractivity contribution >= 4 is 23.4 Å². The van der Waals surface area contributed by atoms with Gasteiger partial charge in [0.2, 0.25) is 5.91 Å². The molecular weight excluding hydrogens is 468 g/mol. The van der Waals surface area contributed by atoms with Crippen molar-refractivity contribution in [1.29, 1.82) is 0 Å². The van der Waals surface area contributed by atoms with Crippen molar-refractivity contribution in [2.45, 2.75) is 57.2 Å². The molecule has 1 saturated heterocycles. The molecule has 0 atom stereocenters. The largest absolute Gasteiger partial charge is 0.453 e. The Morgan fingerprint density at radius 3 is 2.46 bits per heavy atom. The number of nitrogens with zero attached hydrogens (tertiary/aromatic N) is 2. The number of rotatable bonds is 7. The van der Waals surface area contributed by atoms with E-state index in [9.17, 15) is 9.59 Å². The van der Waals surface area contributed by atoms with Crippen molar-refractivity contribution < 1.29 is 19.1 Å². The van der Waals surface area contributed by atoms with Gasteiger partial charge in [0, 0.05) is 37.6 Å². The zero-order valence-electron chi connectivity index (χ0n) is 21.7. The number of nitrogens with two attached hydrogens (primary N) is 1. The Kier molecular flexibility index (Phi) is 7.96. The van der Waals surface area contributed by atoms with E-state index in [1.165, 1.54) is 7.11 Å². The lowest BCUT2D eigenvalue weighted by molar-refractivity contribution is -0.117. The van der Waals surface area contributed by atoms with Crippen LogP contribution in [0.1, 0.15) is 44.1 Å². The number of benzene rings is 2. The molecule has 0 unspecified atom stereocenters. The number of nitrogens with one attached hydrogen (secondary N) is 1. The molecule has 0 radical (unpaired) electrons. The van der Waals surface area contributed by atoms with Crippen LogP contribution in [0.3, 0.4) is 0 Å². The average molecular weight is 507 g/mol. The zero-order chi connectivity index (χ0) is 25.8. The summed E-state index contributed by atoms with van der Waals surface area (Å²) in [6.07, 6.45) is 5.25. The standard InChI is InChI=1S/C29H38N4O4/c1-36-29(35)33(25-10-8-24(30)9-11-25)19-20-3-2-4-22(17-20)23-7-12-27(32-13-15-37-16-14-32)26(18-23)31-28(34)21-5-6-21/h2-4,7,12,17-18,21,24-25H,5-6,8-11,13-16,19,30H2,1H3,(H,31,34). The van der Waals surface area contributed by atoms with E-state index in [4.69, 9.17) is 15.2 Å². The van der Waals surface area contributed by atoms with Gasteiger partial charge in [0.05, 0.1) is 31.7 Å². The molecule has 2 saturated carbocycles. The Bertz CT molecular complexity index is 1100. The summed E-state index contributed by atoms with van der Waals surface area (Å²) in [4.78, 5) is 29.5. The van der Waals surface area contributed by atoms with Crippen LogP contribution in [0.2, 0.25) is 0 Å². The van der Waals surface area contributed by atoms with E-state index >= 15 is 0 Å². The molecule has 0 spiro atoms. The van der Waals surface area contributed by atoms with E-state index in [0.29, 0.717) is 19.8 Å². The minimum absolute atomic E-state index is 0.0985. The van der Waals surface area contributed by atoms with Gasteiger partial charge in [-0.1, -0.05) is 24.3 Å². The quantitative estimate of drug-likeness (QED) is 0.579. The minimum Gasteiger partial charge on any atom is -0.453 e. The molecule has 2 aromatic rings. The smallest absolute Gasteiger partial charge is 0.410 e. The Balaban J connectivity index is 1.39. The van der Waals surface area contributed by atoms with Gasteiger partial charge in [0.1, 0.15) is 0 Å². The number of carbonyl (C=O) groups is 2. The highest BCUT2D eigenvalue weighted by molar-refractivity contribution is 5.98. The molecule has 198 valence electrons. The fourth-order valence-corrected chi connectivity index (χ4v) is 5.40. The predicted molar refractivity (Wildman–Crippen MR) is 144 cm³/mol. The lowest BCUT2D eigenvalue weighted by Crippen LogP contribution is -2.43. The van der Waals surface area contributed by atoms with Gasteiger partial charge in [-0.05, 0) is 73.4 Å².